The van der Waals surface area contributed by atoms with Crippen molar-refractivity contribution in [1.29, 1.82) is 0 Å². The molecule has 0 saturated heterocycles. The van der Waals surface area contributed by atoms with E-state index in [2.05, 4.69) is 24.9 Å². The second kappa shape index (κ2) is 2.96. The van der Waals surface area contributed by atoms with Crippen molar-refractivity contribution in [3.63, 3.8) is 0 Å². The molecule has 0 amide bonds. The standard InChI is InChI=1S/C11H17N/c1-9-7-8-12(2)11-6-4-3-5-10(9)11/h7H,3-6,8H2,1-2H3. The lowest BCUT2D eigenvalue weighted by atomic mass is 9.89. The summed E-state index contributed by atoms with van der Waals surface area (Å²) < 4.78 is 0. The topological polar surface area (TPSA) is 3.24 Å². The van der Waals surface area contributed by atoms with E-state index in [-0.39, 0.29) is 0 Å². The van der Waals surface area contributed by atoms with E-state index in [1.165, 1.54) is 31.3 Å². The van der Waals surface area contributed by atoms with Crippen LogP contribution in [0, 0.1) is 0 Å². The number of likely N-dealkylation sites (N-methyl/N-ethyl adjacent to an activating group) is 1. The average molecular weight is 163 g/mol. The Hall–Kier alpha value is -0.720. The van der Waals surface area contributed by atoms with Gasteiger partial charge in [0.1, 0.15) is 0 Å². The highest BCUT2D eigenvalue weighted by molar-refractivity contribution is 5.37. The molecule has 12 heavy (non-hydrogen) atoms. The summed E-state index contributed by atoms with van der Waals surface area (Å²) in [5.41, 5.74) is 4.78. The van der Waals surface area contributed by atoms with Gasteiger partial charge in [-0.15, -0.1) is 0 Å². The van der Waals surface area contributed by atoms with Gasteiger partial charge in [0.2, 0.25) is 0 Å². The summed E-state index contributed by atoms with van der Waals surface area (Å²) in [5, 5.41) is 0. The molecule has 2 aliphatic rings. The molecule has 1 heteroatoms. The molecule has 1 aliphatic carbocycles. The molecule has 1 nitrogen and oxygen atoms in total. The normalized spacial score (nSPS) is 23.8. The van der Waals surface area contributed by atoms with Crippen LogP contribution in [0.5, 0.6) is 0 Å². The van der Waals surface area contributed by atoms with E-state index >= 15 is 0 Å². The molecule has 0 radical (unpaired) electrons. The van der Waals surface area contributed by atoms with Crippen LogP contribution in [0.3, 0.4) is 0 Å². The van der Waals surface area contributed by atoms with Crippen molar-refractivity contribution >= 4 is 0 Å². The molecular weight excluding hydrogens is 146 g/mol. The molecule has 1 aliphatic heterocycles. The van der Waals surface area contributed by atoms with Crippen LogP contribution in [-0.4, -0.2) is 18.5 Å². The van der Waals surface area contributed by atoms with Crippen LogP contribution in [0.2, 0.25) is 0 Å². The first-order valence-corrected chi connectivity index (χ1v) is 4.89. The first kappa shape index (κ1) is 7.90. The van der Waals surface area contributed by atoms with Gasteiger partial charge in [0, 0.05) is 19.3 Å². The Morgan fingerprint density at radius 1 is 1.25 bits per heavy atom. The van der Waals surface area contributed by atoms with Gasteiger partial charge in [0.05, 0.1) is 0 Å². The molecule has 66 valence electrons. The minimum absolute atomic E-state index is 1.12. The van der Waals surface area contributed by atoms with E-state index in [9.17, 15) is 0 Å². The highest BCUT2D eigenvalue weighted by Crippen LogP contribution is 2.33. The minimum atomic E-state index is 1.12. The number of allylic oxidation sites excluding steroid dienone is 3. The molecule has 0 unspecified atom stereocenters. The zero-order chi connectivity index (χ0) is 8.55. The van der Waals surface area contributed by atoms with Gasteiger partial charge in [0.15, 0.2) is 0 Å². The van der Waals surface area contributed by atoms with Gasteiger partial charge in [-0.25, -0.2) is 0 Å². The van der Waals surface area contributed by atoms with Gasteiger partial charge in [0.25, 0.3) is 0 Å². The Morgan fingerprint density at radius 2 is 2.00 bits per heavy atom. The molecule has 0 aromatic carbocycles. The highest BCUT2D eigenvalue weighted by Gasteiger charge is 2.19. The van der Waals surface area contributed by atoms with E-state index < -0.39 is 0 Å². The van der Waals surface area contributed by atoms with E-state index in [0.29, 0.717) is 0 Å². The Morgan fingerprint density at radius 3 is 2.75 bits per heavy atom. The lowest BCUT2D eigenvalue weighted by molar-refractivity contribution is 0.406. The molecule has 0 bridgehead atoms. The summed E-state index contributed by atoms with van der Waals surface area (Å²) in [5.74, 6) is 0. The maximum atomic E-state index is 2.40. The summed E-state index contributed by atoms with van der Waals surface area (Å²) in [6.07, 6.45) is 7.73. The SMILES string of the molecule is CC1=CCN(C)C2=C1CCCC2. The van der Waals surface area contributed by atoms with Crippen LogP contribution < -0.4 is 0 Å². The Bertz CT molecular complexity index is 248. The smallest absolute Gasteiger partial charge is 0.0359 e. The summed E-state index contributed by atoms with van der Waals surface area (Å²) >= 11 is 0. The fraction of sp³-hybridized carbons (Fsp3) is 0.636. The van der Waals surface area contributed by atoms with Crippen LogP contribution in [-0.2, 0) is 0 Å². The quantitative estimate of drug-likeness (QED) is 0.530. The highest BCUT2D eigenvalue weighted by atomic mass is 15.1. The van der Waals surface area contributed by atoms with Gasteiger partial charge < -0.3 is 4.90 Å². The van der Waals surface area contributed by atoms with Crippen molar-refractivity contribution in [3.05, 3.63) is 22.9 Å². The van der Waals surface area contributed by atoms with E-state index in [1.807, 2.05) is 0 Å². The second-order valence-electron chi connectivity index (χ2n) is 3.90. The van der Waals surface area contributed by atoms with Gasteiger partial charge in [-0.2, -0.15) is 0 Å². The van der Waals surface area contributed by atoms with Crippen LogP contribution >= 0.6 is 0 Å². The molecule has 0 spiro atoms. The lowest BCUT2D eigenvalue weighted by Crippen LogP contribution is -2.25. The number of hydrogen-bond donors (Lipinski definition) is 0. The zero-order valence-electron chi connectivity index (χ0n) is 8.06. The molecule has 0 N–H and O–H groups in total. The summed E-state index contributed by atoms with van der Waals surface area (Å²) in [4.78, 5) is 2.40. The molecule has 0 aromatic heterocycles. The molecular formula is C11H17N. The lowest BCUT2D eigenvalue weighted by Gasteiger charge is -2.32. The van der Waals surface area contributed by atoms with E-state index in [0.717, 1.165) is 6.54 Å². The number of hydrogen-bond acceptors (Lipinski definition) is 1. The Labute approximate surface area is 74.8 Å². The van der Waals surface area contributed by atoms with E-state index in [4.69, 9.17) is 0 Å². The molecule has 2 rings (SSSR count). The van der Waals surface area contributed by atoms with Crippen LogP contribution in [0.1, 0.15) is 32.6 Å². The first-order valence-electron chi connectivity index (χ1n) is 4.89. The van der Waals surface area contributed by atoms with Gasteiger partial charge in [-0.05, 0) is 43.8 Å². The maximum Gasteiger partial charge on any atom is 0.0359 e. The van der Waals surface area contributed by atoms with Crippen LogP contribution in [0.25, 0.3) is 0 Å². The average Bonchev–Trinajstić information content (AvgIpc) is 2.12. The van der Waals surface area contributed by atoms with Crippen molar-refractivity contribution < 1.29 is 0 Å². The first-order chi connectivity index (χ1) is 5.79. The largest absolute Gasteiger partial charge is 0.374 e. The summed E-state index contributed by atoms with van der Waals surface area (Å²) in [6.45, 7) is 3.37. The van der Waals surface area contributed by atoms with Gasteiger partial charge in [-0.3, -0.25) is 0 Å². The molecule has 0 aromatic rings. The van der Waals surface area contributed by atoms with Crippen molar-refractivity contribution in [2.75, 3.05) is 13.6 Å². The second-order valence-corrected chi connectivity index (χ2v) is 3.90. The molecule has 1 heterocycles. The molecule has 0 saturated carbocycles. The predicted molar refractivity (Wildman–Crippen MR) is 51.9 cm³/mol. The zero-order valence-corrected chi connectivity index (χ0v) is 8.06. The fourth-order valence-corrected chi connectivity index (χ4v) is 2.24. The third-order valence-corrected chi connectivity index (χ3v) is 3.05. The van der Waals surface area contributed by atoms with Crippen molar-refractivity contribution in [2.24, 2.45) is 0 Å². The third-order valence-electron chi connectivity index (χ3n) is 3.05. The maximum absolute atomic E-state index is 2.40. The van der Waals surface area contributed by atoms with Crippen LogP contribution in [0.15, 0.2) is 22.9 Å². The third kappa shape index (κ3) is 1.17. The van der Waals surface area contributed by atoms with Crippen molar-refractivity contribution in [2.45, 2.75) is 32.6 Å². The van der Waals surface area contributed by atoms with Crippen molar-refractivity contribution in [1.82, 2.24) is 4.90 Å². The fourth-order valence-electron chi connectivity index (χ4n) is 2.24. The number of rotatable bonds is 0. The minimum Gasteiger partial charge on any atom is -0.374 e. The summed E-state index contributed by atoms with van der Waals surface area (Å²) in [6, 6.07) is 0. The number of nitrogens with zero attached hydrogens (tertiary/aromatic N) is 1. The molecule has 0 atom stereocenters. The van der Waals surface area contributed by atoms with E-state index in [1.54, 1.807) is 11.3 Å². The summed E-state index contributed by atoms with van der Waals surface area (Å²) in [7, 11) is 2.21. The Kier molecular flexibility index (Phi) is 1.95. The van der Waals surface area contributed by atoms with Gasteiger partial charge >= 0.3 is 0 Å². The Balaban J connectivity index is 2.34. The predicted octanol–water partition coefficient (Wildman–Crippen LogP) is 2.71. The monoisotopic (exact) mass is 163 g/mol. The molecule has 0 fully saturated rings. The van der Waals surface area contributed by atoms with Crippen molar-refractivity contribution in [3.8, 4) is 0 Å². The van der Waals surface area contributed by atoms with Gasteiger partial charge in [-0.1, -0.05) is 6.08 Å². The van der Waals surface area contributed by atoms with Crippen LogP contribution in [0.4, 0.5) is 0 Å².